The van der Waals surface area contributed by atoms with Gasteiger partial charge in [-0.25, -0.2) is 0 Å². The largest absolute Gasteiger partial charge is 0.756 e. The summed E-state index contributed by atoms with van der Waals surface area (Å²) in [5, 5.41) is 0. The third-order valence-electron chi connectivity index (χ3n) is 16.4. The highest BCUT2D eigenvalue weighted by atomic mass is 31.2. The van der Waals surface area contributed by atoms with Crippen LogP contribution >= 0.6 is 7.82 Å². The van der Waals surface area contributed by atoms with E-state index in [1.807, 2.05) is 21.1 Å². The number of allylic oxidation sites excluding steroid dienone is 14. The maximum atomic E-state index is 12.9. The summed E-state index contributed by atoms with van der Waals surface area (Å²) in [4.78, 5) is 38.1. The lowest BCUT2D eigenvalue weighted by atomic mass is 10.0. The van der Waals surface area contributed by atoms with Crippen molar-refractivity contribution in [3.63, 3.8) is 0 Å². The maximum absolute atomic E-state index is 12.9. The van der Waals surface area contributed by atoms with Crippen LogP contribution in [0.3, 0.4) is 0 Å². The van der Waals surface area contributed by atoms with Crippen molar-refractivity contribution in [3.05, 3.63) is 85.1 Å². The molecule has 0 heterocycles. The zero-order chi connectivity index (χ0) is 64.1. The topological polar surface area (TPSA) is 111 Å². The van der Waals surface area contributed by atoms with E-state index in [-0.39, 0.29) is 32.0 Å². The molecule has 512 valence electrons. The number of esters is 2. The van der Waals surface area contributed by atoms with Crippen molar-refractivity contribution in [1.82, 2.24) is 0 Å². The highest BCUT2D eigenvalue weighted by Gasteiger charge is 2.22. The molecule has 0 aromatic rings. The van der Waals surface area contributed by atoms with Crippen molar-refractivity contribution in [1.29, 1.82) is 0 Å². The molecule has 2 unspecified atom stereocenters. The molecule has 88 heavy (non-hydrogen) atoms. The van der Waals surface area contributed by atoms with Crippen LogP contribution in [-0.4, -0.2) is 70.0 Å². The van der Waals surface area contributed by atoms with Crippen LogP contribution in [0.15, 0.2) is 85.1 Å². The predicted octanol–water partition coefficient (Wildman–Crippen LogP) is 23.9. The second kappa shape index (κ2) is 68.6. The fourth-order valence-corrected chi connectivity index (χ4v) is 11.4. The number of hydrogen-bond donors (Lipinski definition) is 0. The Hall–Kier alpha value is -2.81. The van der Waals surface area contributed by atoms with E-state index in [9.17, 15) is 19.0 Å². The molecule has 9 nitrogen and oxygen atoms in total. The normalized spacial score (nSPS) is 13.6. The molecule has 0 rings (SSSR count). The van der Waals surface area contributed by atoms with E-state index in [1.165, 1.54) is 238 Å². The maximum Gasteiger partial charge on any atom is 0.306 e. The van der Waals surface area contributed by atoms with Crippen molar-refractivity contribution in [2.75, 3.05) is 47.5 Å². The molecular weight excluding hydrogens is 1110 g/mol. The SMILES string of the molecule is CC/C=C\C/C=C\C/C=C\C/C=C\C/C=C\CCCCCCCCCCCCCCCC(=O)OC(COC(=O)CCCCCCCCCCCCCCCCCCCCCCCCC/C=C\C/C=C\CCCCCCC)COP(=O)([O-])OCC[N+](C)(C)C. The molecular formula is C78H142NO8P. The van der Waals surface area contributed by atoms with Crippen LogP contribution in [0.25, 0.3) is 0 Å². The van der Waals surface area contributed by atoms with Crippen molar-refractivity contribution in [2.24, 2.45) is 0 Å². The number of unbranched alkanes of at least 4 members (excludes halogenated alkanes) is 41. The molecule has 0 radical (unpaired) electrons. The van der Waals surface area contributed by atoms with Crippen LogP contribution in [0.5, 0.6) is 0 Å². The van der Waals surface area contributed by atoms with E-state index in [0.29, 0.717) is 17.4 Å². The van der Waals surface area contributed by atoms with E-state index in [1.54, 1.807) is 0 Å². The van der Waals surface area contributed by atoms with Gasteiger partial charge in [0.25, 0.3) is 7.82 Å². The Balaban J connectivity index is 3.97. The summed E-state index contributed by atoms with van der Waals surface area (Å²) in [5.74, 6) is -0.821. The number of rotatable bonds is 69. The van der Waals surface area contributed by atoms with Gasteiger partial charge in [0, 0.05) is 12.8 Å². The Morgan fingerprint density at radius 3 is 0.966 bits per heavy atom. The molecule has 0 aromatic carbocycles. The predicted molar refractivity (Wildman–Crippen MR) is 379 cm³/mol. The van der Waals surface area contributed by atoms with Crippen molar-refractivity contribution in [2.45, 2.75) is 354 Å². The zero-order valence-corrected chi connectivity index (χ0v) is 59.3. The average molecular weight is 1250 g/mol. The van der Waals surface area contributed by atoms with Gasteiger partial charge in [-0.2, -0.15) is 0 Å². The number of nitrogens with zero attached hydrogens (tertiary/aromatic N) is 1. The summed E-state index contributed by atoms with van der Waals surface area (Å²) >= 11 is 0. The van der Waals surface area contributed by atoms with Crippen LogP contribution < -0.4 is 4.89 Å². The molecule has 10 heteroatoms. The van der Waals surface area contributed by atoms with Gasteiger partial charge in [-0.05, 0) is 89.9 Å². The second-order valence-corrected chi connectivity index (χ2v) is 27.7. The third-order valence-corrected chi connectivity index (χ3v) is 17.4. The van der Waals surface area contributed by atoms with Gasteiger partial charge in [0.2, 0.25) is 0 Å². The number of carbonyl (C=O) groups is 2. The van der Waals surface area contributed by atoms with E-state index in [4.69, 9.17) is 18.5 Å². The summed E-state index contributed by atoms with van der Waals surface area (Å²) in [5.41, 5.74) is 0. The highest BCUT2D eigenvalue weighted by Crippen LogP contribution is 2.38. The van der Waals surface area contributed by atoms with Crippen LogP contribution in [0.2, 0.25) is 0 Å². The van der Waals surface area contributed by atoms with Crippen molar-refractivity contribution in [3.8, 4) is 0 Å². The molecule has 0 aliphatic heterocycles. The molecule has 0 aromatic heterocycles. The lowest BCUT2D eigenvalue weighted by Gasteiger charge is -2.28. The number of phosphoric acid groups is 1. The molecule has 0 amide bonds. The van der Waals surface area contributed by atoms with Gasteiger partial charge in [-0.15, -0.1) is 0 Å². The van der Waals surface area contributed by atoms with Crippen molar-refractivity contribution < 1.29 is 42.1 Å². The quantitative estimate of drug-likeness (QED) is 0.0195. The molecule has 0 bridgehead atoms. The summed E-state index contributed by atoms with van der Waals surface area (Å²) in [6, 6.07) is 0. The summed E-state index contributed by atoms with van der Waals surface area (Å²) in [6.45, 7) is 4.16. The average Bonchev–Trinajstić information content (AvgIpc) is 3.68. The summed E-state index contributed by atoms with van der Waals surface area (Å²) in [7, 11) is 1.17. The second-order valence-electron chi connectivity index (χ2n) is 26.3. The van der Waals surface area contributed by atoms with Gasteiger partial charge >= 0.3 is 11.9 Å². The molecule has 0 spiro atoms. The number of carbonyl (C=O) groups excluding carboxylic acids is 2. The molecule has 0 fully saturated rings. The lowest BCUT2D eigenvalue weighted by molar-refractivity contribution is -0.870. The first-order chi connectivity index (χ1) is 43.0. The number of ether oxygens (including phenoxy) is 2. The van der Waals surface area contributed by atoms with E-state index in [0.717, 1.165) is 77.0 Å². The molecule has 0 aliphatic rings. The van der Waals surface area contributed by atoms with E-state index in [2.05, 4.69) is 98.9 Å². The number of likely N-dealkylation sites (N-methyl/N-ethyl adjacent to an activating group) is 1. The molecule has 2 atom stereocenters. The van der Waals surface area contributed by atoms with Crippen molar-refractivity contribution >= 4 is 19.8 Å². The highest BCUT2D eigenvalue weighted by molar-refractivity contribution is 7.45. The van der Waals surface area contributed by atoms with Gasteiger partial charge in [-0.1, -0.05) is 330 Å². The first-order valence-corrected chi connectivity index (χ1v) is 38.8. The zero-order valence-electron chi connectivity index (χ0n) is 58.4. The number of hydrogen-bond acceptors (Lipinski definition) is 8. The molecule has 0 saturated carbocycles. The van der Waals surface area contributed by atoms with Crippen LogP contribution in [0.4, 0.5) is 0 Å². The minimum Gasteiger partial charge on any atom is -0.756 e. The Bertz CT molecular complexity index is 1760. The van der Waals surface area contributed by atoms with Crippen LogP contribution in [0, 0.1) is 0 Å². The van der Waals surface area contributed by atoms with E-state index >= 15 is 0 Å². The Morgan fingerprint density at radius 1 is 0.364 bits per heavy atom. The van der Waals surface area contributed by atoms with E-state index < -0.39 is 26.5 Å². The minimum atomic E-state index is -4.65. The van der Waals surface area contributed by atoms with Gasteiger partial charge in [0.05, 0.1) is 27.7 Å². The first-order valence-electron chi connectivity index (χ1n) is 37.3. The van der Waals surface area contributed by atoms with Gasteiger partial charge < -0.3 is 27.9 Å². The number of quaternary nitrogens is 1. The third kappa shape index (κ3) is 72.3. The Kier molecular flexibility index (Phi) is 66.4. The Morgan fingerprint density at radius 2 is 0.648 bits per heavy atom. The molecule has 0 saturated heterocycles. The Labute approximate surface area is 545 Å². The van der Waals surface area contributed by atoms with Crippen LogP contribution in [0.1, 0.15) is 348 Å². The fourth-order valence-electron chi connectivity index (χ4n) is 10.7. The lowest BCUT2D eigenvalue weighted by Crippen LogP contribution is -2.37. The van der Waals surface area contributed by atoms with Gasteiger partial charge in [0.1, 0.15) is 19.8 Å². The minimum absolute atomic E-state index is 0.0318. The fraction of sp³-hybridized carbons (Fsp3) is 0.795. The molecule has 0 N–H and O–H groups in total. The molecule has 0 aliphatic carbocycles. The van der Waals surface area contributed by atoms with Gasteiger partial charge in [0.15, 0.2) is 6.10 Å². The smallest absolute Gasteiger partial charge is 0.306 e. The van der Waals surface area contributed by atoms with Crippen LogP contribution in [-0.2, 0) is 32.7 Å². The standard InChI is InChI=1S/C78H142NO8P/c1-6-8-10-12-14-16-18-20-22-24-26-28-30-32-34-36-37-38-39-40-41-43-44-46-48-50-52-54-56-58-60-62-64-66-68-70-77(80)84-74-76(75-86-88(82,83)85-73-72-79(3,4)5)87-78(81)71-69-67-65-63-61-59-57-55-53-51-49-47-45-42-35-33-31-29-27-25-23-21-19-17-15-13-11-9-7-2/h9,11,15,17-18,20-21,23-24,26-27,29,33,35,76H,6-8,10,12-14,16,19,22,25,28,30-32,34,36-75H2,1-5H3/b11-9-,17-15-,20-18-,23-21-,26-24-,29-27-,35-33-. The van der Waals surface area contributed by atoms with Gasteiger partial charge in [-0.3, -0.25) is 14.2 Å². The summed E-state index contributed by atoms with van der Waals surface area (Å²) in [6.07, 6.45) is 94.0. The summed E-state index contributed by atoms with van der Waals surface area (Å²) < 4.78 is 34.4. The first kappa shape index (κ1) is 85.2. The number of phosphoric ester groups is 1. The monoisotopic (exact) mass is 1250 g/mol.